The fourth-order valence-electron chi connectivity index (χ4n) is 2.91. The van der Waals surface area contributed by atoms with E-state index in [1.807, 2.05) is 0 Å². The second kappa shape index (κ2) is 10.6. The van der Waals surface area contributed by atoms with Crippen molar-refractivity contribution in [1.29, 1.82) is 0 Å². The second-order valence-corrected chi connectivity index (χ2v) is 6.91. The first-order chi connectivity index (χ1) is 16.2. The predicted octanol–water partition coefficient (Wildman–Crippen LogP) is 6.18. The van der Waals surface area contributed by atoms with Crippen LogP contribution in [0.15, 0.2) is 65.8 Å². The number of halogens is 4. The Labute approximate surface area is 191 Å². The molecule has 0 fully saturated rings. The molecule has 0 aliphatic carbocycles. The second-order valence-electron chi connectivity index (χ2n) is 6.91. The molecule has 0 amide bonds. The van der Waals surface area contributed by atoms with Gasteiger partial charge in [-0.2, -0.15) is 18.3 Å². The minimum Gasteiger partial charge on any atom is -0.490 e. The monoisotopic (exact) mass is 477 g/mol. The van der Waals surface area contributed by atoms with E-state index in [9.17, 15) is 27.7 Å². The summed E-state index contributed by atoms with van der Waals surface area (Å²) in [7, 11) is 0. The highest BCUT2D eigenvalue weighted by Crippen LogP contribution is 2.35. The Morgan fingerprint density at radius 3 is 2.53 bits per heavy atom. The maximum Gasteiger partial charge on any atom is 0.416 e. The van der Waals surface area contributed by atoms with Crippen molar-refractivity contribution < 1.29 is 32.0 Å². The van der Waals surface area contributed by atoms with Crippen LogP contribution in [0.1, 0.15) is 23.6 Å². The van der Waals surface area contributed by atoms with E-state index in [1.54, 1.807) is 37.3 Å². The van der Waals surface area contributed by atoms with Gasteiger partial charge in [-0.3, -0.25) is 15.5 Å². The lowest BCUT2D eigenvalue weighted by atomic mass is 10.1. The van der Waals surface area contributed by atoms with Gasteiger partial charge in [0.25, 0.3) is 5.69 Å². The molecule has 0 radical (unpaired) electrons. The van der Waals surface area contributed by atoms with Crippen LogP contribution in [0.4, 0.5) is 28.9 Å². The van der Waals surface area contributed by atoms with Crippen molar-refractivity contribution >= 4 is 17.6 Å². The van der Waals surface area contributed by atoms with E-state index in [4.69, 9.17) is 9.47 Å². The van der Waals surface area contributed by atoms with Gasteiger partial charge in [0.05, 0.1) is 23.3 Å². The van der Waals surface area contributed by atoms with Gasteiger partial charge in [0.2, 0.25) is 0 Å². The number of rotatable bonds is 9. The molecule has 0 spiro atoms. The maximum absolute atomic E-state index is 13.3. The molecule has 11 heteroatoms. The fraction of sp³-hybridized carbons (Fsp3) is 0.174. The number of hydrogen-bond acceptors (Lipinski definition) is 6. The number of nitro groups is 1. The lowest BCUT2D eigenvalue weighted by Gasteiger charge is -2.13. The van der Waals surface area contributed by atoms with Gasteiger partial charge in [0.15, 0.2) is 11.5 Å². The highest BCUT2D eigenvalue weighted by molar-refractivity contribution is 5.82. The maximum atomic E-state index is 13.3. The molecule has 0 aliphatic heterocycles. The molecule has 3 rings (SSSR count). The Morgan fingerprint density at radius 1 is 1.06 bits per heavy atom. The van der Waals surface area contributed by atoms with Crippen LogP contribution in [-0.2, 0) is 12.8 Å². The molecule has 0 aromatic heterocycles. The van der Waals surface area contributed by atoms with Crippen LogP contribution in [0.25, 0.3) is 0 Å². The van der Waals surface area contributed by atoms with Crippen LogP contribution in [0.3, 0.4) is 0 Å². The van der Waals surface area contributed by atoms with E-state index in [1.165, 1.54) is 18.3 Å². The summed E-state index contributed by atoms with van der Waals surface area (Å²) in [6, 6.07) is 12.9. The zero-order valence-corrected chi connectivity index (χ0v) is 17.8. The molecule has 0 saturated carbocycles. The van der Waals surface area contributed by atoms with Crippen molar-refractivity contribution in [3.05, 3.63) is 93.3 Å². The zero-order chi connectivity index (χ0) is 24.7. The quantitative estimate of drug-likeness (QED) is 0.172. The number of anilines is 1. The molecule has 0 atom stereocenters. The molecule has 7 nitrogen and oxygen atoms in total. The standard InChI is InChI=1S/C23H19F4N3O4/c1-2-33-22-11-15(6-9-21(22)34-14-16-4-3-5-18(24)10-16)13-28-29-19-8-7-17(23(25,26)27)12-20(19)30(31)32/h3-13,29H,2,14H2,1H3/b28-13-. The third-order valence-corrected chi connectivity index (χ3v) is 4.47. The molecular weight excluding hydrogens is 458 g/mol. The van der Waals surface area contributed by atoms with Gasteiger partial charge in [0.1, 0.15) is 18.1 Å². The van der Waals surface area contributed by atoms with Crippen molar-refractivity contribution in [3.8, 4) is 11.5 Å². The summed E-state index contributed by atoms with van der Waals surface area (Å²) in [5.41, 5.74) is 1.46. The molecule has 0 heterocycles. The van der Waals surface area contributed by atoms with Crippen molar-refractivity contribution in [2.75, 3.05) is 12.0 Å². The van der Waals surface area contributed by atoms with Crippen LogP contribution >= 0.6 is 0 Å². The van der Waals surface area contributed by atoms with Crippen molar-refractivity contribution in [3.63, 3.8) is 0 Å². The van der Waals surface area contributed by atoms with Crippen LogP contribution in [0.5, 0.6) is 11.5 Å². The predicted molar refractivity (Wildman–Crippen MR) is 118 cm³/mol. The third kappa shape index (κ3) is 6.44. The summed E-state index contributed by atoms with van der Waals surface area (Å²) >= 11 is 0. The molecule has 0 saturated heterocycles. The smallest absolute Gasteiger partial charge is 0.416 e. The molecule has 3 aromatic rings. The number of nitrogens with zero attached hydrogens (tertiary/aromatic N) is 2. The van der Waals surface area contributed by atoms with Gasteiger partial charge in [0, 0.05) is 6.07 Å². The van der Waals surface area contributed by atoms with Crippen molar-refractivity contribution in [2.45, 2.75) is 19.7 Å². The minimum atomic E-state index is -4.71. The number of nitrogens with one attached hydrogen (secondary N) is 1. The molecule has 34 heavy (non-hydrogen) atoms. The number of ether oxygens (including phenoxy) is 2. The van der Waals surface area contributed by atoms with Crippen LogP contribution < -0.4 is 14.9 Å². The highest BCUT2D eigenvalue weighted by Gasteiger charge is 2.33. The average Bonchev–Trinajstić information content (AvgIpc) is 2.78. The number of hydrogen-bond donors (Lipinski definition) is 1. The lowest BCUT2D eigenvalue weighted by molar-refractivity contribution is -0.384. The molecule has 0 bridgehead atoms. The third-order valence-electron chi connectivity index (χ3n) is 4.47. The minimum absolute atomic E-state index is 0.115. The number of alkyl halides is 3. The number of hydrazone groups is 1. The Hall–Kier alpha value is -4.15. The van der Waals surface area contributed by atoms with Crippen LogP contribution in [0, 0.1) is 15.9 Å². The van der Waals surface area contributed by atoms with Gasteiger partial charge >= 0.3 is 6.18 Å². The molecule has 1 N–H and O–H groups in total. The molecule has 178 valence electrons. The fourth-order valence-corrected chi connectivity index (χ4v) is 2.91. The summed E-state index contributed by atoms with van der Waals surface area (Å²) < 4.78 is 63.1. The van der Waals surface area contributed by atoms with Gasteiger partial charge in [-0.15, -0.1) is 0 Å². The largest absolute Gasteiger partial charge is 0.490 e. The Morgan fingerprint density at radius 2 is 1.85 bits per heavy atom. The Balaban J connectivity index is 1.74. The molecule has 3 aromatic carbocycles. The first-order valence-electron chi connectivity index (χ1n) is 9.96. The Kier molecular flexibility index (Phi) is 7.67. The van der Waals surface area contributed by atoms with Crippen molar-refractivity contribution in [2.24, 2.45) is 5.10 Å². The number of benzene rings is 3. The number of nitro benzene ring substituents is 1. The Bertz CT molecular complexity index is 1200. The highest BCUT2D eigenvalue weighted by atomic mass is 19.4. The summed E-state index contributed by atoms with van der Waals surface area (Å²) in [5, 5.41) is 15.0. The lowest BCUT2D eigenvalue weighted by Crippen LogP contribution is -2.06. The normalized spacial score (nSPS) is 11.4. The zero-order valence-electron chi connectivity index (χ0n) is 17.8. The van der Waals surface area contributed by atoms with Gasteiger partial charge in [-0.25, -0.2) is 4.39 Å². The van der Waals surface area contributed by atoms with E-state index in [2.05, 4.69) is 10.5 Å². The van der Waals surface area contributed by atoms with E-state index < -0.39 is 22.4 Å². The molecular formula is C23H19F4N3O4. The summed E-state index contributed by atoms with van der Waals surface area (Å²) in [4.78, 5) is 10.2. The molecule has 0 aliphatic rings. The van der Waals surface area contributed by atoms with Gasteiger partial charge < -0.3 is 9.47 Å². The first-order valence-corrected chi connectivity index (χ1v) is 9.96. The van der Waals surface area contributed by atoms with Crippen molar-refractivity contribution in [1.82, 2.24) is 0 Å². The summed E-state index contributed by atoms with van der Waals surface area (Å²) in [6.45, 7) is 2.24. The van der Waals surface area contributed by atoms with E-state index >= 15 is 0 Å². The average molecular weight is 477 g/mol. The topological polar surface area (TPSA) is 86.0 Å². The SMILES string of the molecule is CCOc1cc(/C=N\Nc2ccc(C(F)(F)F)cc2[N+](=O)[O-])ccc1OCc1cccc(F)c1. The molecule has 0 unspecified atom stereocenters. The van der Waals surface area contributed by atoms with E-state index in [0.29, 0.717) is 35.3 Å². The first kappa shape index (κ1) is 24.5. The van der Waals surface area contributed by atoms with Crippen LogP contribution in [-0.4, -0.2) is 17.7 Å². The van der Waals surface area contributed by atoms with E-state index in [0.717, 1.165) is 12.1 Å². The summed E-state index contributed by atoms with van der Waals surface area (Å²) in [5.74, 6) is 0.427. The van der Waals surface area contributed by atoms with E-state index in [-0.39, 0.29) is 18.1 Å². The van der Waals surface area contributed by atoms with Crippen LogP contribution in [0.2, 0.25) is 0 Å². The van der Waals surface area contributed by atoms with Gasteiger partial charge in [-0.1, -0.05) is 12.1 Å². The summed E-state index contributed by atoms with van der Waals surface area (Å²) in [6.07, 6.45) is -3.39. The van der Waals surface area contributed by atoms with Gasteiger partial charge in [-0.05, 0) is 60.5 Å².